The third kappa shape index (κ3) is 2.08. The Morgan fingerprint density at radius 2 is 2.14 bits per heavy atom. The zero-order valence-electron chi connectivity index (χ0n) is 7.99. The molecule has 14 heavy (non-hydrogen) atoms. The molecule has 0 aromatic heterocycles. The van der Waals surface area contributed by atoms with Crippen LogP contribution in [0.1, 0.15) is 11.1 Å². The maximum atomic E-state index is 8.98. The van der Waals surface area contributed by atoms with Gasteiger partial charge in [-0.2, -0.15) is 0 Å². The molecule has 0 aliphatic rings. The molecule has 0 saturated carbocycles. The molecule has 0 heterocycles. The highest BCUT2D eigenvalue weighted by atomic mass is 16.4. The van der Waals surface area contributed by atoms with E-state index >= 15 is 0 Å². The van der Waals surface area contributed by atoms with Crippen molar-refractivity contribution in [3.8, 4) is 12.3 Å². The monoisotopic (exact) mass is 189 g/mol. The topological polar surface area (TPSA) is 66.5 Å². The highest BCUT2D eigenvalue weighted by Gasteiger charge is 2.14. The number of nitrogens with two attached hydrogens (primary N) is 1. The van der Waals surface area contributed by atoms with E-state index in [1.54, 1.807) is 12.1 Å². The number of anilines is 1. The molecule has 0 aliphatic heterocycles. The minimum Gasteiger partial charge on any atom is -0.423 e. The predicted octanol–water partition coefficient (Wildman–Crippen LogP) is -0.567. The molecule has 4 N–H and O–H groups in total. The molecular formula is C10H12BNO2. The van der Waals surface area contributed by atoms with E-state index < -0.39 is 7.12 Å². The van der Waals surface area contributed by atoms with Gasteiger partial charge in [-0.05, 0) is 29.6 Å². The Labute approximate surface area is 83.7 Å². The van der Waals surface area contributed by atoms with Gasteiger partial charge in [-0.3, -0.25) is 0 Å². The maximum Gasteiger partial charge on any atom is 0.488 e. The Morgan fingerprint density at radius 3 is 2.64 bits per heavy atom. The largest absolute Gasteiger partial charge is 0.488 e. The van der Waals surface area contributed by atoms with E-state index in [-0.39, 0.29) is 0 Å². The van der Waals surface area contributed by atoms with Gasteiger partial charge in [-0.25, -0.2) is 0 Å². The summed E-state index contributed by atoms with van der Waals surface area (Å²) in [5, 5.41) is 18.0. The van der Waals surface area contributed by atoms with Crippen molar-refractivity contribution in [2.24, 2.45) is 0 Å². The van der Waals surface area contributed by atoms with Crippen LogP contribution in [0, 0.1) is 19.3 Å². The van der Waals surface area contributed by atoms with Gasteiger partial charge >= 0.3 is 7.12 Å². The molecule has 0 radical (unpaired) electrons. The SMILES string of the molecule is C#CCc1cc(B(O)O)cc(N)c1C. The first-order valence-corrected chi connectivity index (χ1v) is 4.24. The normalized spacial score (nSPS) is 9.57. The maximum absolute atomic E-state index is 8.98. The molecule has 0 amide bonds. The van der Waals surface area contributed by atoms with Gasteiger partial charge in [0.05, 0.1) is 0 Å². The van der Waals surface area contributed by atoms with Crippen LogP contribution >= 0.6 is 0 Å². The minimum atomic E-state index is -1.51. The first-order valence-electron chi connectivity index (χ1n) is 4.24. The quantitative estimate of drug-likeness (QED) is 0.331. The van der Waals surface area contributed by atoms with Crippen molar-refractivity contribution in [3.63, 3.8) is 0 Å². The summed E-state index contributed by atoms with van der Waals surface area (Å²) in [5.74, 6) is 2.50. The van der Waals surface area contributed by atoms with Crippen LogP contribution in [0.3, 0.4) is 0 Å². The minimum absolute atomic E-state index is 0.373. The van der Waals surface area contributed by atoms with E-state index in [0.29, 0.717) is 17.6 Å². The number of benzene rings is 1. The summed E-state index contributed by atoms with van der Waals surface area (Å²) in [6, 6.07) is 3.20. The summed E-state index contributed by atoms with van der Waals surface area (Å²) in [6.45, 7) is 1.86. The predicted molar refractivity (Wildman–Crippen MR) is 58.0 cm³/mol. The van der Waals surface area contributed by atoms with Gasteiger partial charge in [0.1, 0.15) is 0 Å². The first kappa shape index (κ1) is 10.6. The molecule has 0 spiro atoms. The zero-order chi connectivity index (χ0) is 10.7. The zero-order valence-corrected chi connectivity index (χ0v) is 7.99. The molecule has 0 saturated heterocycles. The summed E-state index contributed by atoms with van der Waals surface area (Å²) in [4.78, 5) is 0. The number of terminal acetylenes is 1. The van der Waals surface area contributed by atoms with Crippen molar-refractivity contribution < 1.29 is 10.0 Å². The van der Waals surface area contributed by atoms with Crippen molar-refractivity contribution in [1.82, 2.24) is 0 Å². The Balaban J connectivity index is 3.22. The van der Waals surface area contributed by atoms with Crippen LogP contribution in [0.25, 0.3) is 0 Å². The summed E-state index contributed by atoms with van der Waals surface area (Å²) >= 11 is 0. The Bertz CT molecular complexity index is 382. The van der Waals surface area contributed by atoms with E-state index in [4.69, 9.17) is 22.2 Å². The number of nitrogen functional groups attached to an aromatic ring is 1. The van der Waals surface area contributed by atoms with Crippen LogP contribution in [0.5, 0.6) is 0 Å². The van der Waals surface area contributed by atoms with Crippen molar-refractivity contribution in [2.45, 2.75) is 13.3 Å². The molecule has 1 aromatic carbocycles. The highest BCUT2D eigenvalue weighted by molar-refractivity contribution is 6.58. The number of rotatable bonds is 2. The van der Waals surface area contributed by atoms with Crippen LogP contribution < -0.4 is 11.2 Å². The van der Waals surface area contributed by atoms with E-state index in [1.807, 2.05) is 6.92 Å². The molecule has 0 atom stereocenters. The summed E-state index contributed by atoms with van der Waals surface area (Å²) < 4.78 is 0. The van der Waals surface area contributed by atoms with Gasteiger partial charge in [0.25, 0.3) is 0 Å². The first-order chi connectivity index (χ1) is 6.56. The Hall–Kier alpha value is -1.44. The average molecular weight is 189 g/mol. The van der Waals surface area contributed by atoms with Crippen molar-refractivity contribution in [2.75, 3.05) is 5.73 Å². The standard InChI is InChI=1S/C10H12BNO2/c1-3-4-8-5-9(11(13)14)6-10(12)7(8)2/h1,5-6,13-14H,4,12H2,2H3. The van der Waals surface area contributed by atoms with Crippen LogP contribution in [0.15, 0.2) is 12.1 Å². The lowest BCUT2D eigenvalue weighted by molar-refractivity contribution is 0.426. The van der Waals surface area contributed by atoms with E-state index in [0.717, 1.165) is 11.1 Å². The van der Waals surface area contributed by atoms with Gasteiger partial charge in [-0.15, -0.1) is 12.3 Å². The molecule has 1 aromatic rings. The van der Waals surface area contributed by atoms with Gasteiger partial charge in [0.15, 0.2) is 0 Å². The summed E-state index contributed by atoms with van der Waals surface area (Å²) in [5.41, 5.74) is 8.35. The molecule has 4 heteroatoms. The third-order valence-corrected chi connectivity index (χ3v) is 2.17. The lowest BCUT2D eigenvalue weighted by Crippen LogP contribution is -2.30. The van der Waals surface area contributed by atoms with E-state index in [9.17, 15) is 0 Å². The molecule has 0 aliphatic carbocycles. The third-order valence-electron chi connectivity index (χ3n) is 2.17. The molecule has 3 nitrogen and oxygen atoms in total. The fourth-order valence-electron chi connectivity index (χ4n) is 1.27. The fraction of sp³-hybridized carbons (Fsp3) is 0.200. The molecule has 0 fully saturated rings. The molecule has 0 unspecified atom stereocenters. The second kappa shape index (κ2) is 4.18. The van der Waals surface area contributed by atoms with Crippen LogP contribution in [0.4, 0.5) is 5.69 Å². The smallest absolute Gasteiger partial charge is 0.423 e. The van der Waals surface area contributed by atoms with E-state index in [1.165, 1.54) is 0 Å². The fourth-order valence-corrected chi connectivity index (χ4v) is 1.27. The van der Waals surface area contributed by atoms with Crippen molar-refractivity contribution in [3.05, 3.63) is 23.3 Å². The molecule has 0 bridgehead atoms. The summed E-state index contributed by atoms with van der Waals surface area (Å²) in [7, 11) is -1.51. The molecule has 1 rings (SSSR count). The second-order valence-electron chi connectivity index (χ2n) is 3.15. The van der Waals surface area contributed by atoms with Crippen molar-refractivity contribution >= 4 is 18.3 Å². The number of hydrogen-bond acceptors (Lipinski definition) is 3. The average Bonchev–Trinajstić information content (AvgIpc) is 2.12. The van der Waals surface area contributed by atoms with Gasteiger partial charge in [-0.1, -0.05) is 6.07 Å². The summed E-state index contributed by atoms with van der Waals surface area (Å²) in [6.07, 6.45) is 5.63. The molecular weight excluding hydrogens is 177 g/mol. The van der Waals surface area contributed by atoms with Crippen molar-refractivity contribution in [1.29, 1.82) is 0 Å². The van der Waals surface area contributed by atoms with Gasteiger partial charge in [0, 0.05) is 12.1 Å². The van der Waals surface area contributed by atoms with Crippen LogP contribution in [-0.4, -0.2) is 17.2 Å². The lowest BCUT2D eigenvalue weighted by atomic mass is 9.78. The van der Waals surface area contributed by atoms with E-state index in [2.05, 4.69) is 5.92 Å². The Kier molecular flexibility index (Phi) is 3.18. The lowest BCUT2D eigenvalue weighted by Gasteiger charge is -2.09. The van der Waals surface area contributed by atoms with Gasteiger partial charge in [0.2, 0.25) is 0 Å². The molecule has 72 valence electrons. The highest BCUT2D eigenvalue weighted by Crippen LogP contribution is 2.14. The van der Waals surface area contributed by atoms with Crippen LogP contribution in [0.2, 0.25) is 0 Å². The Morgan fingerprint density at radius 1 is 1.50 bits per heavy atom. The van der Waals surface area contributed by atoms with Gasteiger partial charge < -0.3 is 15.8 Å². The van der Waals surface area contributed by atoms with Crippen LogP contribution in [-0.2, 0) is 6.42 Å². The second-order valence-corrected chi connectivity index (χ2v) is 3.15. The number of hydrogen-bond donors (Lipinski definition) is 3.